The number of aromatic amines is 1. The lowest BCUT2D eigenvalue weighted by Gasteiger charge is -2.22. The van der Waals surface area contributed by atoms with Crippen molar-refractivity contribution in [2.24, 2.45) is 0 Å². The number of pyridine rings is 1. The SMILES string of the molecule is COc1ccc2cc(-c3cccnc3C(Cc3cc(F)cc(F)c3)NC(=O)Cc3c[nH]c4ccc(F)cc34)ccc2c1. The van der Waals surface area contributed by atoms with Gasteiger partial charge in [0.25, 0.3) is 0 Å². The largest absolute Gasteiger partial charge is 0.497 e. The van der Waals surface area contributed by atoms with Crippen LogP contribution >= 0.6 is 0 Å². The molecule has 0 aliphatic heterocycles. The maximum absolute atomic E-state index is 14.1. The average Bonchev–Trinajstić information content (AvgIpc) is 3.37. The highest BCUT2D eigenvalue weighted by Crippen LogP contribution is 2.32. The van der Waals surface area contributed by atoms with Gasteiger partial charge in [-0.3, -0.25) is 9.78 Å². The Morgan fingerprint density at radius 2 is 1.69 bits per heavy atom. The van der Waals surface area contributed by atoms with Crippen molar-refractivity contribution >= 4 is 27.6 Å². The maximum atomic E-state index is 14.1. The first kappa shape index (κ1) is 27.1. The summed E-state index contributed by atoms with van der Waals surface area (Å²) in [5, 5.41) is 5.63. The molecule has 2 N–H and O–H groups in total. The Bertz CT molecular complexity index is 1920. The zero-order valence-corrected chi connectivity index (χ0v) is 22.6. The van der Waals surface area contributed by atoms with E-state index in [2.05, 4.69) is 15.3 Å². The van der Waals surface area contributed by atoms with Crippen LogP contribution in [0.15, 0.2) is 97.3 Å². The lowest BCUT2D eigenvalue weighted by molar-refractivity contribution is -0.121. The molecule has 0 fully saturated rings. The molecule has 0 saturated carbocycles. The Kier molecular flexibility index (Phi) is 7.35. The summed E-state index contributed by atoms with van der Waals surface area (Å²) in [5.74, 6) is -1.41. The quantitative estimate of drug-likeness (QED) is 0.201. The van der Waals surface area contributed by atoms with Crippen molar-refractivity contribution < 1.29 is 22.7 Å². The van der Waals surface area contributed by atoms with Crippen molar-refractivity contribution in [2.45, 2.75) is 18.9 Å². The van der Waals surface area contributed by atoms with E-state index < -0.39 is 23.5 Å². The molecule has 1 atom stereocenters. The van der Waals surface area contributed by atoms with Crippen molar-refractivity contribution in [1.29, 1.82) is 0 Å². The van der Waals surface area contributed by atoms with Crippen LogP contribution in [-0.4, -0.2) is 23.0 Å². The van der Waals surface area contributed by atoms with E-state index in [0.717, 1.165) is 33.7 Å². The molecule has 0 radical (unpaired) electrons. The molecule has 6 aromatic rings. The molecule has 1 amide bonds. The topological polar surface area (TPSA) is 67.0 Å². The normalized spacial score (nSPS) is 12.0. The number of aromatic nitrogens is 2. The van der Waals surface area contributed by atoms with Crippen LogP contribution in [0.25, 0.3) is 32.8 Å². The van der Waals surface area contributed by atoms with Crippen LogP contribution in [0.4, 0.5) is 13.2 Å². The van der Waals surface area contributed by atoms with E-state index in [4.69, 9.17) is 4.74 Å². The van der Waals surface area contributed by atoms with Crippen molar-refractivity contribution in [3.63, 3.8) is 0 Å². The lowest BCUT2D eigenvalue weighted by atomic mass is 9.94. The molecule has 6 rings (SSSR count). The van der Waals surface area contributed by atoms with Gasteiger partial charge >= 0.3 is 0 Å². The molecule has 0 spiro atoms. The van der Waals surface area contributed by atoms with Crippen molar-refractivity contribution in [1.82, 2.24) is 15.3 Å². The van der Waals surface area contributed by atoms with Crippen LogP contribution in [-0.2, 0) is 17.6 Å². The average molecular weight is 566 g/mol. The Labute approximate surface area is 240 Å². The van der Waals surface area contributed by atoms with Gasteiger partial charge < -0.3 is 15.0 Å². The third kappa shape index (κ3) is 5.69. The maximum Gasteiger partial charge on any atom is 0.225 e. The molecule has 0 aliphatic carbocycles. The molecule has 0 aliphatic rings. The van der Waals surface area contributed by atoms with E-state index in [1.54, 1.807) is 31.6 Å². The number of ether oxygens (including phenoxy) is 1. The molecule has 1 unspecified atom stereocenters. The Hall–Kier alpha value is -5.11. The summed E-state index contributed by atoms with van der Waals surface area (Å²) in [5.41, 5.74) is 3.90. The third-order valence-electron chi connectivity index (χ3n) is 7.30. The molecular weight excluding hydrogens is 539 g/mol. The zero-order valence-electron chi connectivity index (χ0n) is 22.6. The Morgan fingerprint density at radius 3 is 2.50 bits per heavy atom. The number of nitrogens with zero attached hydrogens (tertiary/aromatic N) is 1. The molecule has 8 heteroatoms. The number of benzene rings is 4. The number of rotatable bonds is 8. The monoisotopic (exact) mass is 565 g/mol. The number of hydrogen-bond donors (Lipinski definition) is 2. The number of H-pyrrole nitrogens is 1. The van der Waals surface area contributed by atoms with Gasteiger partial charge in [0.2, 0.25) is 5.91 Å². The minimum absolute atomic E-state index is 0.0303. The highest BCUT2D eigenvalue weighted by atomic mass is 19.1. The molecular formula is C34H26F3N3O2. The number of halogens is 3. The molecule has 2 aromatic heterocycles. The number of nitrogens with one attached hydrogen (secondary N) is 2. The molecule has 0 saturated heterocycles. The number of methoxy groups -OCH3 is 1. The second-order valence-corrected chi connectivity index (χ2v) is 10.1. The molecule has 210 valence electrons. The first-order chi connectivity index (χ1) is 20.4. The zero-order chi connectivity index (χ0) is 29.2. The predicted octanol–water partition coefficient (Wildman–Crippen LogP) is 7.45. The third-order valence-corrected chi connectivity index (χ3v) is 7.30. The number of carbonyl (C=O) groups excluding carboxylic acids is 1. The van der Waals surface area contributed by atoms with E-state index in [1.165, 1.54) is 24.3 Å². The Morgan fingerprint density at radius 1 is 0.905 bits per heavy atom. The van der Waals surface area contributed by atoms with Crippen molar-refractivity contribution in [3.8, 4) is 16.9 Å². The van der Waals surface area contributed by atoms with Gasteiger partial charge in [-0.05, 0) is 88.5 Å². The molecule has 2 heterocycles. The van der Waals surface area contributed by atoms with Gasteiger partial charge in [0, 0.05) is 34.9 Å². The van der Waals surface area contributed by atoms with Gasteiger partial charge in [-0.2, -0.15) is 0 Å². The first-order valence-electron chi connectivity index (χ1n) is 13.4. The van der Waals surface area contributed by atoms with E-state index >= 15 is 0 Å². The van der Waals surface area contributed by atoms with Crippen LogP contribution < -0.4 is 10.1 Å². The highest BCUT2D eigenvalue weighted by Gasteiger charge is 2.22. The van der Waals surface area contributed by atoms with Gasteiger partial charge in [-0.25, -0.2) is 13.2 Å². The van der Waals surface area contributed by atoms with Crippen molar-refractivity contribution in [3.05, 3.63) is 132 Å². The lowest BCUT2D eigenvalue weighted by Crippen LogP contribution is -2.32. The van der Waals surface area contributed by atoms with E-state index in [1.807, 2.05) is 42.5 Å². The smallest absolute Gasteiger partial charge is 0.225 e. The van der Waals surface area contributed by atoms with E-state index in [-0.39, 0.29) is 18.7 Å². The van der Waals surface area contributed by atoms with Gasteiger partial charge in [0.05, 0.1) is 25.3 Å². The fraction of sp³-hybridized carbons (Fsp3) is 0.118. The van der Waals surface area contributed by atoms with Crippen LogP contribution in [0, 0.1) is 17.5 Å². The minimum Gasteiger partial charge on any atom is -0.497 e. The number of fused-ring (bicyclic) bond motifs is 2. The van der Waals surface area contributed by atoms with Gasteiger partial charge in [-0.15, -0.1) is 0 Å². The summed E-state index contributed by atoms with van der Waals surface area (Å²) in [6.07, 6.45) is 3.37. The fourth-order valence-electron chi connectivity index (χ4n) is 5.35. The first-order valence-corrected chi connectivity index (χ1v) is 13.4. The summed E-state index contributed by atoms with van der Waals surface area (Å²) in [7, 11) is 1.62. The van der Waals surface area contributed by atoms with Gasteiger partial charge in [-0.1, -0.05) is 24.3 Å². The number of carbonyl (C=O) groups is 1. The van der Waals surface area contributed by atoms with E-state index in [9.17, 15) is 18.0 Å². The summed E-state index contributed by atoms with van der Waals surface area (Å²) in [4.78, 5) is 21.1. The molecule has 5 nitrogen and oxygen atoms in total. The standard InChI is InChI=1S/C34H26F3N3O2/c1-42-28-8-6-21-14-23(5-4-22(21)15-28)29-3-2-10-38-34(29)32(13-20-11-26(36)17-27(37)12-20)40-33(41)16-24-19-39-31-9-7-25(35)18-30(24)31/h2-12,14-15,17-19,32,39H,13,16H2,1H3,(H,40,41). The second-order valence-electron chi connectivity index (χ2n) is 10.1. The summed E-state index contributed by atoms with van der Waals surface area (Å²) in [6, 6.07) is 22.4. The molecule has 42 heavy (non-hydrogen) atoms. The Balaban J connectivity index is 1.37. The predicted molar refractivity (Wildman–Crippen MR) is 157 cm³/mol. The summed E-state index contributed by atoms with van der Waals surface area (Å²) < 4.78 is 47.5. The summed E-state index contributed by atoms with van der Waals surface area (Å²) >= 11 is 0. The van der Waals surface area contributed by atoms with Crippen LogP contribution in [0.5, 0.6) is 5.75 Å². The number of amides is 1. The second kappa shape index (κ2) is 11.4. The summed E-state index contributed by atoms with van der Waals surface area (Å²) in [6.45, 7) is 0. The molecule has 4 aromatic carbocycles. The van der Waals surface area contributed by atoms with Gasteiger partial charge in [0.15, 0.2) is 0 Å². The van der Waals surface area contributed by atoms with Gasteiger partial charge in [0.1, 0.15) is 23.2 Å². The fourth-order valence-corrected chi connectivity index (χ4v) is 5.35. The minimum atomic E-state index is -0.719. The van der Waals surface area contributed by atoms with Crippen LogP contribution in [0.2, 0.25) is 0 Å². The molecule has 0 bridgehead atoms. The van der Waals surface area contributed by atoms with Crippen molar-refractivity contribution in [2.75, 3.05) is 7.11 Å². The van der Waals surface area contributed by atoms with Crippen LogP contribution in [0.1, 0.15) is 22.9 Å². The van der Waals surface area contributed by atoms with Crippen LogP contribution in [0.3, 0.4) is 0 Å². The highest BCUT2D eigenvalue weighted by molar-refractivity contribution is 5.90. The van der Waals surface area contributed by atoms with E-state index in [0.29, 0.717) is 27.7 Å². The number of hydrogen-bond acceptors (Lipinski definition) is 3.